The van der Waals surface area contributed by atoms with Crippen molar-refractivity contribution in [3.63, 3.8) is 0 Å². The Morgan fingerprint density at radius 3 is 2.72 bits per heavy atom. The lowest BCUT2D eigenvalue weighted by Crippen LogP contribution is -2.39. The normalized spacial score (nSPS) is 11.9. The standard InChI is InChI=1S/C25H28N6O4S/c1-6-34-25(33)14(4)29-23(32)22-15(5)35-24(31-22)17-11-26-21(10-19(17)28-13(2)3)30-16-7-8-18-20(9-16)36-12-27-18/h7-14H,6H2,1-5H3,(H,29,32)(H2,26,28,30). The van der Waals surface area contributed by atoms with Crippen molar-refractivity contribution < 1.29 is 18.7 Å². The molecule has 0 fully saturated rings. The molecule has 0 aliphatic carbocycles. The average Bonchev–Trinajstić information content (AvgIpc) is 3.45. The van der Waals surface area contributed by atoms with Crippen molar-refractivity contribution in [3.8, 4) is 11.5 Å². The molecular formula is C25H28N6O4S. The maximum Gasteiger partial charge on any atom is 0.328 e. The Bertz CT molecular complexity index is 1400. The zero-order chi connectivity index (χ0) is 25.8. The maximum absolute atomic E-state index is 12.7. The number of benzene rings is 1. The van der Waals surface area contributed by atoms with Crippen LogP contribution in [0.25, 0.3) is 21.7 Å². The van der Waals surface area contributed by atoms with Gasteiger partial charge >= 0.3 is 5.97 Å². The number of ether oxygens (including phenoxy) is 1. The van der Waals surface area contributed by atoms with Crippen LogP contribution in [0.1, 0.15) is 43.9 Å². The van der Waals surface area contributed by atoms with E-state index in [2.05, 4.69) is 30.9 Å². The van der Waals surface area contributed by atoms with Crippen molar-refractivity contribution in [1.29, 1.82) is 0 Å². The van der Waals surface area contributed by atoms with E-state index in [4.69, 9.17) is 9.15 Å². The predicted octanol–water partition coefficient (Wildman–Crippen LogP) is 4.90. The monoisotopic (exact) mass is 508 g/mol. The highest BCUT2D eigenvalue weighted by atomic mass is 32.1. The Kier molecular flexibility index (Phi) is 7.49. The zero-order valence-electron chi connectivity index (χ0n) is 20.7. The number of anilines is 3. The van der Waals surface area contributed by atoms with Crippen LogP contribution >= 0.6 is 11.3 Å². The number of oxazole rings is 1. The number of aryl methyl sites for hydroxylation is 1. The number of carbonyl (C=O) groups excluding carboxylic acids is 2. The van der Waals surface area contributed by atoms with E-state index in [9.17, 15) is 9.59 Å². The van der Waals surface area contributed by atoms with Gasteiger partial charge in [0.15, 0.2) is 5.69 Å². The lowest BCUT2D eigenvalue weighted by Gasteiger charge is -2.15. The van der Waals surface area contributed by atoms with Crippen LogP contribution in [-0.2, 0) is 9.53 Å². The Hall–Kier alpha value is -3.99. The molecule has 1 amide bonds. The van der Waals surface area contributed by atoms with Gasteiger partial charge in [-0.2, -0.15) is 0 Å². The van der Waals surface area contributed by atoms with Crippen LogP contribution in [0.2, 0.25) is 0 Å². The lowest BCUT2D eigenvalue weighted by atomic mass is 10.2. The third-order valence-electron chi connectivity index (χ3n) is 5.18. The Morgan fingerprint density at radius 1 is 1.17 bits per heavy atom. The summed E-state index contributed by atoms with van der Waals surface area (Å²) in [5, 5.41) is 9.32. The number of thiazole rings is 1. The van der Waals surface area contributed by atoms with E-state index in [0.29, 0.717) is 17.1 Å². The molecule has 3 heterocycles. The molecule has 1 aromatic carbocycles. The summed E-state index contributed by atoms with van der Waals surface area (Å²) < 4.78 is 11.9. The van der Waals surface area contributed by atoms with E-state index in [0.717, 1.165) is 21.6 Å². The summed E-state index contributed by atoms with van der Waals surface area (Å²) in [4.78, 5) is 37.9. The number of rotatable bonds is 9. The second kappa shape index (κ2) is 10.7. The van der Waals surface area contributed by atoms with Crippen LogP contribution in [0.3, 0.4) is 0 Å². The minimum Gasteiger partial charge on any atom is -0.464 e. The van der Waals surface area contributed by atoms with Crippen molar-refractivity contribution in [2.45, 2.75) is 46.7 Å². The number of hydrogen-bond donors (Lipinski definition) is 3. The molecule has 0 spiro atoms. The molecule has 1 unspecified atom stereocenters. The van der Waals surface area contributed by atoms with Gasteiger partial charge in [-0.1, -0.05) is 0 Å². The van der Waals surface area contributed by atoms with E-state index in [1.807, 2.05) is 43.6 Å². The van der Waals surface area contributed by atoms with Crippen LogP contribution in [0.5, 0.6) is 0 Å². The molecule has 4 aromatic rings. The minimum atomic E-state index is -0.814. The number of carbonyl (C=O) groups is 2. The highest BCUT2D eigenvalue weighted by molar-refractivity contribution is 7.16. The number of amides is 1. The topological polar surface area (TPSA) is 131 Å². The minimum absolute atomic E-state index is 0.0942. The number of nitrogens with one attached hydrogen (secondary N) is 3. The summed E-state index contributed by atoms with van der Waals surface area (Å²) in [5.41, 5.74) is 5.10. The van der Waals surface area contributed by atoms with Crippen molar-refractivity contribution in [2.24, 2.45) is 0 Å². The first kappa shape index (κ1) is 25.1. The van der Waals surface area contributed by atoms with Crippen LogP contribution in [0.15, 0.2) is 40.4 Å². The van der Waals surface area contributed by atoms with E-state index in [1.165, 1.54) is 0 Å². The Morgan fingerprint density at radius 2 is 1.97 bits per heavy atom. The van der Waals surface area contributed by atoms with Gasteiger partial charge in [0.05, 0.1) is 33.6 Å². The van der Waals surface area contributed by atoms with E-state index >= 15 is 0 Å². The first-order valence-electron chi connectivity index (χ1n) is 11.6. The van der Waals surface area contributed by atoms with E-state index in [-0.39, 0.29) is 24.2 Å². The fourth-order valence-electron chi connectivity index (χ4n) is 3.52. The summed E-state index contributed by atoms with van der Waals surface area (Å²) in [5.74, 6) is 0.169. The Balaban J connectivity index is 1.59. The first-order valence-corrected chi connectivity index (χ1v) is 12.4. The van der Waals surface area contributed by atoms with E-state index < -0.39 is 17.9 Å². The second-order valence-corrected chi connectivity index (χ2v) is 9.33. The number of esters is 1. The number of nitrogens with zero attached hydrogens (tertiary/aromatic N) is 3. The summed E-state index contributed by atoms with van der Waals surface area (Å²) >= 11 is 1.57. The smallest absolute Gasteiger partial charge is 0.328 e. The number of pyridine rings is 1. The van der Waals surface area contributed by atoms with Gasteiger partial charge in [0, 0.05) is 24.0 Å². The van der Waals surface area contributed by atoms with Gasteiger partial charge in [-0.15, -0.1) is 11.3 Å². The van der Waals surface area contributed by atoms with Crippen molar-refractivity contribution in [3.05, 3.63) is 47.4 Å². The molecule has 0 aliphatic rings. The molecule has 3 N–H and O–H groups in total. The van der Waals surface area contributed by atoms with Gasteiger partial charge in [-0.05, 0) is 52.8 Å². The van der Waals surface area contributed by atoms with E-state index in [1.54, 1.807) is 38.3 Å². The highest BCUT2D eigenvalue weighted by Crippen LogP contribution is 2.32. The molecular weight excluding hydrogens is 480 g/mol. The molecule has 4 rings (SSSR count). The predicted molar refractivity (Wildman–Crippen MR) is 140 cm³/mol. The molecule has 188 valence electrons. The molecule has 10 nitrogen and oxygen atoms in total. The van der Waals surface area contributed by atoms with Gasteiger partial charge in [0.1, 0.15) is 17.6 Å². The molecule has 0 aliphatic heterocycles. The second-order valence-electron chi connectivity index (χ2n) is 8.45. The van der Waals surface area contributed by atoms with Crippen LogP contribution < -0.4 is 16.0 Å². The lowest BCUT2D eigenvalue weighted by molar-refractivity contribution is -0.144. The van der Waals surface area contributed by atoms with Gasteiger partial charge in [0.2, 0.25) is 5.89 Å². The zero-order valence-corrected chi connectivity index (χ0v) is 21.5. The van der Waals surface area contributed by atoms with Gasteiger partial charge in [-0.3, -0.25) is 4.79 Å². The SMILES string of the molecule is CCOC(=O)C(C)NC(=O)c1nc(-c2cnc(Nc3ccc4ncsc4c3)cc2NC(C)C)oc1C. The molecule has 0 bridgehead atoms. The van der Waals surface area contributed by atoms with Crippen molar-refractivity contribution in [1.82, 2.24) is 20.3 Å². The molecule has 1 atom stereocenters. The molecule has 0 saturated heterocycles. The van der Waals surface area contributed by atoms with Gasteiger partial charge in [0.25, 0.3) is 5.91 Å². The van der Waals surface area contributed by atoms with Crippen LogP contribution in [0.4, 0.5) is 17.2 Å². The van der Waals surface area contributed by atoms with Crippen molar-refractivity contribution in [2.75, 3.05) is 17.2 Å². The number of aromatic nitrogens is 3. The quantitative estimate of drug-likeness (QED) is 0.270. The highest BCUT2D eigenvalue weighted by Gasteiger charge is 2.24. The maximum atomic E-state index is 12.7. The summed E-state index contributed by atoms with van der Waals surface area (Å²) in [6.45, 7) is 9.18. The third-order valence-corrected chi connectivity index (χ3v) is 5.97. The van der Waals surface area contributed by atoms with Gasteiger partial charge in [-0.25, -0.2) is 19.7 Å². The molecule has 0 radical (unpaired) electrons. The van der Waals surface area contributed by atoms with Crippen molar-refractivity contribution >= 4 is 50.6 Å². The molecule has 0 saturated carbocycles. The molecule has 3 aromatic heterocycles. The molecule has 36 heavy (non-hydrogen) atoms. The van der Waals surface area contributed by atoms with Crippen LogP contribution in [-0.4, -0.2) is 45.5 Å². The molecule has 11 heteroatoms. The summed E-state index contributed by atoms with van der Waals surface area (Å²) in [6.07, 6.45) is 1.65. The fraction of sp³-hybridized carbons (Fsp3) is 0.320. The van der Waals surface area contributed by atoms with Crippen LogP contribution in [0, 0.1) is 6.92 Å². The number of hydrogen-bond acceptors (Lipinski definition) is 10. The number of fused-ring (bicyclic) bond motifs is 1. The first-order chi connectivity index (χ1) is 17.2. The summed E-state index contributed by atoms with van der Waals surface area (Å²) in [6, 6.07) is 7.11. The third kappa shape index (κ3) is 5.62. The van der Waals surface area contributed by atoms with Gasteiger partial charge < -0.3 is 25.1 Å². The largest absolute Gasteiger partial charge is 0.464 e. The fourth-order valence-corrected chi connectivity index (χ4v) is 4.24. The Labute approximate surface area is 212 Å². The summed E-state index contributed by atoms with van der Waals surface area (Å²) in [7, 11) is 0. The average molecular weight is 509 g/mol.